The van der Waals surface area contributed by atoms with E-state index in [-0.39, 0.29) is 0 Å². The molecule has 0 spiro atoms. The highest BCUT2D eigenvalue weighted by Gasteiger charge is 2.06. The molecule has 1 aromatic rings. The predicted octanol–water partition coefficient (Wildman–Crippen LogP) is 1.48. The molecule has 0 amide bonds. The number of nitrogens with one attached hydrogen (secondary N) is 1. The summed E-state index contributed by atoms with van der Waals surface area (Å²) in [7, 11) is 0. The van der Waals surface area contributed by atoms with Gasteiger partial charge in [0.05, 0.1) is 0 Å². The molecular formula is C10H13NO. The molecule has 0 saturated carbocycles. The second-order valence-corrected chi connectivity index (χ2v) is 3.14. The Morgan fingerprint density at radius 1 is 1.42 bits per heavy atom. The van der Waals surface area contributed by atoms with Gasteiger partial charge in [-0.2, -0.15) is 0 Å². The van der Waals surface area contributed by atoms with Crippen LogP contribution in [0.25, 0.3) is 0 Å². The fourth-order valence-corrected chi connectivity index (χ4v) is 1.40. The van der Waals surface area contributed by atoms with Crippen LogP contribution in [0.2, 0.25) is 0 Å². The fourth-order valence-electron chi connectivity index (χ4n) is 1.40. The van der Waals surface area contributed by atoms with Gasteiger partial charge in [0.1, 0.15) is 12.4 Å². The van der Waals surface area contributed by atoms with Crippen LogP contribution < -0.4 is 10.1 Å². The van der Waals surface area contributed by atoms with E-state index < -0.39 is 0 Å². The van der Waals surface area contributed by atoms with Crippen LogP contribution in [0.5, 0.6) is 5.75 Å². The summed E-state index contributed by atoms with van der Waals surface area (Å²) in [6.45, 7) is 4.72. The maximum absolute atomic E-state index is 5.57. The van der Waals surface area contributed by atoms with E-state index in [4.69, 9.17) is 4.74 Å². The Hall–Kier alpha value is -1.02. The lowest BCUT2D eigenvalue weighted by molar-refractivity contribution is 0.325. The quantitative estimate of drug-likeness (QED) is 0.625. The van der Waals surface area contributed by atoms with Crippen LogP contribution in [0.15, 0.2) is 18.2 Å². The summed E-state index contributed by atoms with van der Waals surface area (Å²) in [4.78, 5) is 0. The minimum absolute atomic E-state index is 0.774. The van der Waals surface area contributed by atoms with E-state index in [2.05, 4.69) is 30.4 Å². The van der Waals surface area contributed by atoms with Crippen molar-refractivity contribution in [2.24, 2.45) is 0 Å². The summed E-state index contributed by atoms with van der Waals surface area (Å²) in [6.07, 6.45) is 0. The van der Waals surface area contributed by atoms with Crippen LogP contribution in [0, 0.1) is 6.92 Å². The Kier molecular flexibility index (Phi) is 2.00. The predicted molar refractivity (Wildman–Crippen MR) is 48.4 cm³/mol. The number of aryl methyl sites for hydroxylation is 1. The molecule has 0 atom stereocenters. The second kappa shape index (κ2) is 3.15. The van der Waals surface area contributed by atoms with Crippen molar-refractivity contribution < 1.29 is 4.74 Å². The third-order valence-electron chi connectivity index (χ3n) is 2.07. The molecule has 1 N–H and O–H groups in total. The highest BCUT2D eigenvalue weighted by atomic mass is 16.5. The van der Waals surface area contributed by atoms with Crippen molar-refractivity contribution in [3.05, 3.63) is 29.3 Å². The fraction of sp³-hybridized carbons (Fsp3) is 0.400. The van der Waals surface area contributed by atoms with Gasteiger partial charge in [0.2, 0.25) is 0 Å². The second-order valence-electron chi connectivity index (χ2n) is 3.14. The molecule has 64 valence electrons. The smallest absolute Gasteiger partial charge is 0.124 e. The zero-order valence-electron chi connectivity index (χ0n) is 7.26. The number of rotatable bonds is 0. The molecule has 0 aliphatic carbocycles. The molecule has 1 aromatic carbocycles. The zero-order chi connectivity index (χ0) is 8.39. The Labute approximate surface area is 72.5 Å². The summed E-state index contributed by atoms with van der Waals surface area (Å²) >= 11 is 0. The molecule has 2 nitrogen and oxygen atoms in total. The average Bonchev–Trinajstić information content (AvgIpc) is 2.28. The minimum atomic E-state index is 0.774. The molecule has 0 aromatic heterocycles. The van der Waals surface area contributed by atoms with Crippen LogP contribution in [0.1, 0.15) is 11.1 Å². The largest absolute Gasteiger partial charge is 0.492 e. The van der Waals surface area contributed by atoms with Crippen LogP contribution >= 0.6 is 0 Å². The molecule has 1 aliphatic heterocycles. The van der Waals surface area contributed by atoms with Crippen LogP contribution in [0.4, 0.5) is 0 Å². The lowest BCUT2D eigenvalue weighted by Gasteiger charge is -2.06. The van der Waals surface area contributed by atoms with Crippen molar-refractivity contribution in [1.82, 2.24) is 5.32 Å². The Morgan fingerprint density at radius 3 is 3.25 bits per heavy atom. The number of benzene rings is 1. The lowest BCUT2D eigenvalue weighted by Crippen LogP contribution is -2.16. The van der Waals surface area contributed by atoms with Gasteiger partial charge in [-0.05, 0) is 18.6 Å². The molecule has 0 radical (unpaired) electrons. The van der Waals surface area contributed by atoms with Gasteiger partial charge in [-0.15, -0.1) is 0 Å². The van der Waals surface area contributed by atoms with Crippen molar-refractivity contribution in [3.8, 4) is 5.75 Å². The molecule has 2 rings (SSSR count). The zero-order valence-corrected chi connectivity index (χ0v) is 7.26. The number of ether oxygens (including phenoxy) is 1. The summed E-state index contributed by atoms with van der Waals surface area (Å²) in [6, 6.07) is 6.35. The van der Waals surface area contributed by atoms with Crippen molar-refractivity contribution in [3.63, 3.8) is 0 Å². The molecule has 1 aliphatic rings. The first-order valence-corrected chi connectivity index (χ1v) is 4.29. The van der Waals surface area contributed by atoms with Crippen molar-refractivity contribution in [2.75, 3.05) is 13.2 Å². The number of fused-ring (bicyclic) bond motifs is 1. The van der Waals surface area contributed by atoms with Crippen molar-refractivity contribution in [1.29, 1.82) is 0 Å². The topological polar surface area (TPSA) is 21.3 Å². The van der Waals surface area contributed by atoms with Gasteiger partial charge in [-0.25, -0.2) is 0 Å². The van der Waals surface area contributed by atoms with Gasteiger partial charge in [-0.3, -0.25) is 0 Å². The van der Waals surface area contributed by atoms with Gasteiger partial charge in [0.15, 0.2) is 0 Å². The summed E-state index contributed by atoms with van der Waals surface area (Å²) in [5.74, 6) is 1.04. The van der Waals surface area contributed by atoms with Crippen LogP contribution in [0.3, 0.4) is 0 Å². The van der Waals surface area contributed by atoms with Crippen molar-refractivity contribution >= 4 is 0 Å². The first kappa shape index (κ1) is 7.62. The van der Waals surface area contributed by atoms with Crippen LogP contribution in [-0.4, -0.2) is 13.2 Å². The Morgan fingerprint density at radius 2 is 2.33 bits per heavy atom. The van der Waals surface area contributed by atoms with E-state index >= 15 is 0 Å². The third kappa shape index (κ3) is 1.43. The Balaban J connectivity index is 2.36. The van der Waals surface area contributed by atoms with Gasteiger partial charge in [0, 0.05) is 18.7 Å². The lowest BCUT2D eigenvalue weighted by atomic mass is 10.1. The molecule has 0 bridgehead atoms. The third-order valence-corrected chi connectivity index (χ3v) is 2.07. The molecule has 0 fully saturated rings. The highest BCUT2D eigenvalue weighted by Crippen LogP contribution is 2.21. The number of hydrogen-bond acceptors (Lipinski definition) is 2. The van der Waals surface area contributed by atoms with Gasteiger partial charge in [0.25, 0.3) is 0 Å². The van der Waals surface area contributed by atoms with E-state index in [9.17, 15) is 0 Å². The van der Waals surface area contributed by atoms with Gasteiger partial charge in [-0.1, -0.05) is 12.1 Å². The first-order chi connectivity index (χ1) is 5.86. The molecule has 1 heterocycles. The van der Waals surface area contributed by atoms with Crippen LogP contribution in [-0.2, 0) is 6.54 Å². The Bertz CT molecular complexity index is 283. The maximum atomic E-state index is 5.57. The standard InChI is InChI=1S/C10H13NO/c1-8-2-3-9-7-11-4-5-12-10(9)6-8/h2-3,6,11H,4-5,7H2,1H3. The number of hydrogen-bond donors (Lipinski definition) is 1. The first-order valence-electron chi connectivity index (χ1n) is 4.29. The molecule has 12 heavy (non-hydrogen) atoms. The van der Waals surface area contributed by atoms with E-state index in [0.717, 1.165) is 25.4 Å². The SMILES string of the molecule is Cc1ccc2c(c1)OCCNC2. The van der Waals surface area contributed by atoms with E-state index in [1.807, 2.05) is 0 Å². The summed E-state index contributed by atoms with van der Waals surface area (Å²) in [5.41, 5.74) is 2.52. The van der Waals surface area contributed by atoms with E-state index in [0.29, 0.717) is 0 Å². The maximum Gasteiger partial charge on any atom is 0.124 e. The van der Waals surface area contributed by atoms with E-state index in [1.54, 1.807) is 0 Å². The van der Waals surface area contributed by atoms with Crippen molar-refractivity contribution in [2.45, 2.75) is 13.5 Å². The molecule has 0 unspecified atom stereocenters. The minimum Gasteiger partial charge on any atom is -0.492 e. The molecule has 2 heteroatoms. The van der Waals surface area contributed by atoms with Gasteiger partial charge < -0.3 is 10.1 Å². The summed E-state index contributed by atoms with van der Waals surface area (Å²) in [5, 5.41) is 3.30. The average molecular weight is 163 g/mol. The molecular weight excluding hydrogens is 150 g/mol. The van der Waals surface area contributed by atoms with E-state index in [1.165, 1.54) is 11.1 Å². The normalized spacial score (nSPS) is 16.1. The molecule has 0 saturated heterocycles. The highest BCUT2D eigenvalue weighted by molar-refractivity contribution is 5.37. The van der Waals surface area contributed by atoms with Gasteiger partial charge >= 0.3 is 0 Å². The summed E-state index contributed by atoms with van der Waals surface area (Å²) < 4.78 is 5.57. The monoisotopic (exact) mass is 163 g/mol.